The van der Waals surface area contributed by atoms with Gasteiger partial charge in [-0.2, -0.15) is 0 Å². The first kappa shape index (κ1) is 16.4. The number of imidazole rings is 1. The van der Waals surface area contributed by atoms with E-state index in [4.69, 9.17) is 5.14 Å². The Morgan fingerprint density at radius 2 is 1.77 bits per heavy atom. The zero-order valence-electron chi connectivity index (χ0n) is 13.4. The van der Waals surface area contributed by atoms with Crippen LogP contribution in [-0.2, 0) is 10.0 Å². The van der Waals surface area contributed by atoms with Crippen LogP contribution >= 0.6 is 0 Å². The highest BCUT2D eigenvalue weighted by Gasteiger charge is 2.13. The number of hydrogen-bond donors (Lipinski definition) is 1. The van der Waals surface area contributed by atoms with Crippen LogP contribution in [0.3, 0.4) is 0 Å². The van der Waals surface area contributed by atoms with Crippen molar-refractivity contribution in [1.29, 1.82) is 0 Å². The zero-order chi connectivity index (χ0) is 18.3. The maximum Gasteiger partial charge on any atom is 0.238 e. The third-order valence-electron chi connectivity index (χ3n) is 4.03. The van der Waals surface area contributed by atoms with E-state index in [0.717, 1.165) is 5.56 Å². The number of fused-ring (bicyclic) bond motifs is 1. The first-order valence-corrected chi connectivity index (χ1v) is 9.18. The van der Waals surface area contributed by atoms with E-state index < -0.39 is 15.8 Å². The van der Waals surface area contributed by atoms with Crippen molar-refractivity contribution < 1.29 is 12.8 Å². The summed E-state index contributed by atoms with van der Waals surface area (Å²) in [5.74, 6) is -0.459. The van der Waals surface area contributed by atoms with Crippen molar-refractivity contribution in [2.75, 3.05) is 0 Å². The molecule has 6 nitrogen and oxygen atoms in total. The number of nitrogens with zero attached hydrogens (tertiary/aromatic N) is 3. The number of pyridine rings is 2. The molecule has 0 aliphatic heterocycles. The third kappa shape index (κ3) is 2.85. The van der Waals surface area contributed by atoms with Gasteiger partial charge in [0.2, 0.25) is 10.0 Å². The summed E-state index contributed by atoms with van der Waals surface area (Å²) in [6, 6.07) is 11.1. The van der Waals surface area contributed by atoms with Crippen LogP contribution in [0.2, 0.25) is 0 Å². The Bertz CT molecular complexity index is 1200. The molecule has 0 aliphatic rings. The van der Waals surface area contributed by atoms with Crippen LogP contribution in [0.25, 0.3) is 28.0 Å². The maximum atomic E-state index is 14.5. The van der Waals surface area contributed by atoms with Gasteiger partial charge >= 0.3 is 0 Å². The molecule has 0 aliphatic carbocycles. The van der Waals surface area contributed by atoms with Crippen LogP contribution in [0.15, 0.2) is 72.1 Å². The van der Waals surface area contributed by atoms with Gasteiger partial charge in [-0.25, -0.2) is 22.9 Å². The summed E-state index contributed by atoms with van der Waals surface area (Å²) in [4.78, 5) is 8.20. The summed E-state index contributed by atoms with van der Waals surface area (Å²) < 4.78 is 38.9. The Balaban J connectivity index is 1.87. The fourth-order valence-corrected chi connectivity index (χ4v) is 3.28. The molecule has 3 heterocycles. The fraction of sp³-hybridized carbons (Fsp3) is 0. The third-order valence-corrected chi connectivity index (χ3v) is 4.96. The molecule has 130 valence electrons. The van der Waals surface area contributed by atoms with Crippen molar-refractivity contribution in [2.24, 2.45) is 5.14 Å². The van der Waals surface area contributed by atoms with Gasteiger partial charge in [0.25, 0.3) is 0 Å². The van der Waals surface area contributed by atoms with Crippen LogP contribution in [0.4, 0.5) is 4.39 Å². The average Bonchev–Trinajstić information content (AvgIpc) is 3.06. The number of rotatable bonds is 3. The van der Waals surface area contributed by atoms with E-state index in [2.05, 4.69) is 9.97 Å². The molecule has 0 saturated carbocycles. The second kappa shape index (κ2) is 6.01. The summed E-state index contributed by atoms with van der Waals surface area (Å²) in [6.45, 7) is 0. The summed E-state index contributed by atoms with van der Waals surface area (Å²) in [7, 11) is -3.77. The molecule has 4 rings (SSSR count). The van der Waals surface area contributed by atoms with Gasteiger partial charge < -0.3 is 0 Å². The van der Waals surface area contributed by atoms with Crippen LogP contribution in [-0.4, -0.2) is 22.8 Å². The summed E-state index contributed by atoms with van der Waals surface area (Å²) >= 11 is 0. The van der Waals surface area contributed by atoms with Gasteiger partial charge in [0, 0.05) is 35.3 Å². The fourth-order valence-electron chi connectivity index (χ4n) is 2.77. The van der Waals surface area contributed by atoms with Crippen molar-refractivity contribution in [3.05, 3.63) is 73.1 Å². The Kier molecular flexibility index (Phi) is 3.78. The van der Waals surface area contributed by atoms with Crippen molar-refractivity contribution in [3.63, 3.8) is 0 Å². The maximum absolute atomic E-state index is 14.5. The standard InChI is InChI=1S/C18H13FN4O2S/c19-16-8-14(13-2-1-7-21-9-13)11-23-17(10-22-18(16)23)12-3-5-15(6-4-12)26(20,24)25/h1-11H,(H2,20,24,25). The Hall–Kier alpha value is -3.10. The molecule has 4 aromatic rings. The smallest absolute Gasteiger partial charge is 0.238 e. The topological polar surface area (TPSA) is 90.4 Å². The Morgan fingerprint density at radius 1 is 1.00 bits per heavy atom. The van der Waals surface area contributed by atoms with E-state index in [1.54, 1.807) is 41.2 Å². The van der Waals surface area contributed by atoms with Gasteiger partial charge in [-0.15, -0.1) is 0 Å². The first-order valence-electron chi connectivity index (χ1n) is 7.64. The minimum atomic E-state index is -3.77. The van der Waals surface area contributed by atoms with Gasteiger partial charge in [0.05, 0.1) is 16.8 Å². The Morgan fingerprint density at radius 3 is 2.42 bits per heavy atom. The lowest BCUT2D eigenvalue weighted by Crippen LogP contribution is -2.11. The van der Waals surface area contributed by atoms with Gasteiger partial charge in [0.1, 0.15) is 0 Å². The van der Waals surface area contributed by atoms with Crippen LogP contribution in [0.5, 0.6) is 0 Å². The lowest BCUT2D eigenvalue weighted by Gasteiger charge is -2.07. The number of hydrogen-bond acceptors (Lipinski definition) is 4. The largest absolute Gasteiger partial charge is 0.297 e. The van der Waals surface area contributed by atoms with Gasteiger partial charge in [-0.1, -0.05) is 18.2 Å². The van der Waals surface area contributed by atoms with E-state index >= 15 is 0 Å². The van der Waals surface area contributed by atoms with E-state index in [0.29, 0.717) is 16.8 Å². The molecule has 0 saturated heterocycles. The Labute approximate surface area is 148 Å². The van der Waals surface area contributed by atoms with Crippen molar-refractivity contribution in [3.8, 4) is 22.4 Å². The number of aromatic nitrogens is 3. The molecule has 0 amide bonds. The van der Waals surface area contributed by atoms with Crippen LogP contribution in [0, 0.1) is 5.82 Å². The lowest BCUT2D eigenvalue weighted by molar-refractivity contribution is 0.598. The number of benzene rings is 1. The molecular weight excluding hydrogens is 355 g/mol. The van der Waals surface area contributed by atoms with Crippen molar-refractivity contribution in [2.45, 2.75) is 4.90 Å². The highest BCUT2D eigenvalue weighted by Crippen LogP contribution is 2.27. The van der Waals surface area contributed by atoms with Gasteiger partial charge in [-0.3, -0.25) is 9.38 Å². The molecule has 3 aromatic heterocycles. The number of halogens is 1. The molecular formula is C18H13FN4O2S. The van der Waals surface area contributed by atoms with E-state index in [-0.39, 0.29) is 10.5 Å². The summed E-state index contributed by atoms with van der Waals surface area (Å²) in [5, 5.41) is 5.12. The quantitative estimate of drug-likeness (QED) is 0.602. The summed E-state index contributed by atoms with van der Waals surface area (Å²) in [5.41, 5.74) is 2.93. The lowest BCUT2D eigenvalue weighted by atomic mass is 10.1. The highest BCUT2D eigenvalue weighted by molar-refractivity contribution is 7.89. The number of primary sulfonamides is 1. The van der Waals surface area contributed by atoms with Crippen LogP contribution < -0.4 is 5.14 Å². The molecule has 0 radical (unpaired) electrons. The zero-order valence-corrected chi connectivity index (χ0v) is 14.2. The monoisotopic (exact) mass is 368 g/mol. The van der Waals surface area contributed by atoms with Crippen molar-refractivity contribution >= 4 is 15.7 Å². The molecule has 2 N–H and O–H groups in total. The predicted molar refractivity (Wildman–Crippen MR) is 95.2 cm³/mol. The van der Waals surface area contributed by atoms with Crippen LogP contribution in [0.1, 0.15) is 0 Å². The first-order chi connectivity index (χ1) is 12.4. The highest BCUT2D eigenvalue weighted by atomic mass is 32.2. The minimum absolute atomic E-state index is 0.0114. The van der Waals surface area contributed by atoms with E-state index in [9.17, 15) is 12.8 Å². The normalized spacial score (nSPS) is 11.8. The molecule has 0 spiro atoms. The molecule has 0 atom stereocenters. The minimum Gasteiger partial charge on any atom is -0.297 e. The molecule has 0 fully saturated rings. The van der Waals surface area contributed by atoms with E-state index in [1.165, 1.54) is 24.4 Å². The van der Waals surface area contributed by atoms with Gasteiger partial charge in [0.15, 0.2) is 11.5 Å². The average molecular weight is 368 g/mol. The molecule has 8 heteroatoms. The second-order valence-corrected chi connectivity index (χ2v) is 7.29. The molecule has 26 heavy (non-hydrogen) atoms. The van der Waals surface area contributed by atoms with Gasteiger partial charge in [-0.05, 0) is 24.3 Å². The molecule has 0 bridgehead atoms. The SMILES string of the molecule is NS(=O)(=O)c1ccc(-c2cnc3c(F)cc(-c4cccnc4)cn23)cc1. The van der Waals surface area contributed by atoms with E-state index in [1.807, 2.05) is 6.07 Å². The van der Waals surface area contributed by atoms with Crippen molar-refractivity contribution in [1.82, 2.24) is 14.4 Å². The predicted octanol–water partition coefficient (Wildman–Crippen LogP) is 2.85. The second-order valence-electron chi connectivity index (χ2n) is 5.72. The number of sulfonamides is 1. The molecule has 0 unspecified atom stereocenters. The molecule has 1 aromatic carbocycles. The number of nitrogens with two attached hydrogens (primary N) is 1. The summed E-state index contributed by atoms with van der Waals surface area (Å²) in [6.07, 6.45) is 6.61.